The quantitative estimate of drug-likeness (QED) is 0.513. The first-order valence-electron chi connectivity index (χ1n) is 10.8. The highest BCUT2D eigenvalue weighted by Crippen LogP contribution is 2.37. The van der Waals surface area contributed by atoms with E-state index in [1.54, 1.807) is 20.0 Å². The van der Waals surface area contributed by atoms with Gasteiger partial charge in [0.1, 0.15) is 5.54 Å². The van der Waals surface area contributed by atoms with Crippen LogP contribution >= 0.6 is 0 Å². The zero-order valence-corrected chi connectivity index (χ0v) is 19.3. The molecule has 2 aromatic carbocycles. The van der Waals surface area contributed by atoms with E-state index in [9.17, 15) is 22.8 Å². The number of nitrogens with one attached hydrogen (secondary N) is 1. The van der Waals surface area contributed by atoms with E-state index in [0.29, 0.717) is 12.6 Å². The molecule has 35 heavy (non-hydrogen) atoms. The van der Waals surface area contributed by atoms with Crippen LogP contribution in [0.2, 0.25) is 0 Å². The second kappa shape index (κ2) is 8.58. The van der Waals surface area contributed by atoms with E-state index in [2.05, 4.69) is 10.3 Å². The summed E-state index contributed by atoms with van der Waals surface area (Å²) >= 11 is 0. The van der Waals surface area contributed by atoms with E-state index in [4.69, 9.17) is 5.26 Å². The number of urea groups is 1. The Labute approximate surface area is 199 Å². The fourth-order valence-corrected chi connectivity index (χ4v) is 4.21. The van der Waals surface area contributed by atoms with Crippen LogP contribution in [0.15, 0.2) is 48.7 Å². The Balaban J connectivity index is 1.58. The van der Waals surface area contributed by atoms with E-state index in [1.165, 1.54) is 17.0 Å². The van der Waals surface area contributed by atoms with Gasteiger partial charge in [-0.3, -0.25) is 9.78 Å². The number of alkyl halides is 3. The van der Waals surface area contributed by atoms with Gasteiger partial charge in [-0.25, -0.2) is 9.69 Å². The van der Waals surface area contributed by atoms with Gasteiger partial charge in [0.05, 0.1) is 28.4 Å². The SMILES string of the molecule is Cc1ccc(NCCN2C(=O)N(c3ccc(C#N)c(C(F)(F)F)c3)C(=O)C2(C)C)c2cccnc12. The molecular weight excluding hydrogens is 459 g/mol. The van der Waals surface area contributed by atoms with E-state index < -0.39 is 34.8 Å². The topological polar surface area (TPSA) is 89.3 Å². The molecule has 4 rings (SSSR count). The predicted octanol–water partition coefficient (Wildman–Crippen LogP) is 5.09. The van der Waals surface area contributed by atoms with Gasteiger partial charge in [-0.1, -0.05) is 6.07 Å². The molecule has 1 saturated heterocycles. The number of hydrogen-bond donors (Lipinski definition) is 1. The fraction of sp³-hybridized carbons (Fsp3) is 0.280. The van der Waals surface area contributed by atoms with Gasteiger partial charge in [0, 0.05) is 30.4 Å². The number of halogens is 3. The van der Waals surface area contributed by atoms with Crippen LogP contribution in [0.25, 0.3) is 10.9 Å². The number of hydrogen-bond acceptors (Lipinski definition) is 5. The summed E-state index contributed by atoms with van der Waals surface area (Å²) in [6.45, 7) is 5.48. The molecule has 1 fully saturated rings. The number of imide groups is 1. The van der Waals surface area contributed by atoms with Gasteiger partial charge < -0.3 is 10.2 Å². The van der Waals surface area contributed by atoms with Gasteiger partial charge in [0.15, 0.2) is 0 Å². The number of pyridine rings is 1. The number of nitrogens with zero attached hydrogens (tertiary/aromatic N) is 4. The van der Waals surface area contributed by atoms with Gasteiger partial charge >= 0.3 is 12.2 Å². The highest BCUT2D eigenvalue weighted by molar-refractivity contribution is 6.23. The largest absolute Gasteiger partial charge is 0.417 e. The number of anilines is 2. The van der Waals surface area contributed by atoms with Gasteiger partial charge in [-0.15, -0.1) is 0 Å². The molecule has 2 heterocycles. The molecule has 1 N–H and O–H groups in total. The molecule has 7 nitrogen and oxygen atoms in total. The van der Waals surface area contributed by atoms with Crippen LogP contribution in [0.1, 0.15) is 30.5 Å². The lowest BCUT2D eigenvalue weighted by atomic mass is 10.0. The normalized spacial score (nSPS) is 15.6. The lowest BCUT2D eigenvalue weighted by molar-refractivity contribution is -0.137. The van der Waals surface area contributed by atoms with E-state index in [0.717, 1.165) is 33.1 Å². The lowest BCUT2D eigenvalue weighted by Gasteiger charge is -2.28. The van der Waals surface area contributed by atoms with Crippen molar-refractivity contribution in [1.29, 1.82) is 5.26 Å². The molecule has 0 spiro atoms. The number of carbonyl (C=O) groups excluding carboxylic acids is 2. The minimum Gasteiger partial charge on any atom is -0.383 e. The molecule has 180 valence electrons. The standard InChI is InChI=1S/C25H22F3N5O2/c1-15-6-9-20(18-5-4-10-31-21(15)18)30-11-12-32-23(35)33(22(34)24(32,2)3)17-8-7-16(14-29)19(13-17)25(26,27)28/h4-10,13,30H,11-12H2,1-3H3. The summed E-state index contributed by atoms with van der Waals surface area (Å²) in [5.74, 6) is -0.648. The molecule has 0 radical (unpaired) electrons. The third kappa shape index (κ3) is 4.14. The summed E-state index contributed by atoms with van der Waals surface area (Å²) in [5, 5.41) is 13.2. The summed E-state index contributed by atoms with van der Waals surface area (Å²) in [6, 6.07) is 11.2. The van der Waals surface area contributed by atoms with E-state index in [1.807, 2.05) is 31.2 Å². The maximum Gasteiger partial charge on any atom is 0.417 e. The number of rotatable bonds is 5. The Hall–Kier alpha value is -4.13. The van der Waals surface area contributed by atoms with Gasteiger partial charge in [0.25, 0.3) is 5.91 Å². The first-order valence-corrected chi connectivity index (χ1v) is 10.8. The van der Waals surface area contributed by atoms with Crippen molar-refractivity contribution in [2.75, 3.05) is 23.3 Å². The van der Waals surface area contributed by atoms with Crippen molar-refractivity contribution < 1.29 is 22.8 Å². The Kier molecular flexibility index (Phi) is 5.88. The average Bonchev–Trinajstić information content (AvgIpc) is 2.98. The summed E-state index contributed by atoms with van der Waals surface area (Å²) in [6.07, 6.45) is -3.10. The van der Waals surface area contributed by atoms with Crippen LogP contribution in [-0.2, 0) is 11.0 Å². The first kappa shape index (κ1) is 24.0. The van der Waals surface area contributed by atoms with Crippen LogP contribution in [0.5, 0.6) is 0 Å². The average molecular weight is 481 g/mol. The second-order valence-electron chi connectivity index (χ2n) is 8.73. The molecule has 3 aromatic rings. The summed E-state index contributed by atoms with van der Waals surface area (Å²) in [5.41, 5.74) is -0.612. The number of fused-ring (bicyclic) bond motifs is 1. The second-order valence-corrected chi connectivity index (χ2v) is 8.73. The molecule has 3 amide bonds. The van der Waals surface area contributed by atoms with Crippen molar-refractivity contribution in [2.45, 2.75) is 32.5 Å². The Morgan fingerprint density at radius 2 is 1.89 bits per heavy atom. The summed E-state index contributed by atoms with van der Waals surface area (Å²) in [4.78, 5) is 32.7. The van der Waals surface area contributed by atoms with Gasteiger partial charge in [0.2, 0.25) is 0 Å². The minimum atomic E-state index is -4.81. The Morgan fingerprint density at radius 1 is 1.14 bits per heavy atom. The highest BCUT2D eigenvalue weighted by Gasteiger charge is 2.52. The maximum absolute atomic E-state index is 13.4. The molecule has 0 aliphatic carbocycles. The van der Waals surface area contributed by atoms with Crippen molar-refractivity contribution in [3.05, 3.63) is 65.4 Å². The van der Waals surface area contributed by atoms with Crippen LogP contribution in [0.3, 0.4) is 0 Å². The number of aryl methyl sites for hydroxylation is 1. The van der Waals surface area contributed by atoms with Crippen molar-refractivity contribution >= 4 is 34.2 Å². The van der Waals surface area contributed by atoms with E-state index >= 15 is 0 Å². The molecule has 0 unspecified atom stereocenters. The zero-order valence-electron chi connectivity index (χ0n) is 19.3. The molecule has 1 aliphatic heterocycles. The minimum absolute atomic E-state index is 0.131. The number of carbonyl (C=O) groups is 2. The molecule has 1 aromatic heterocycles. The Bertz CT molecular complexity index is 1380. The van der Waals surface area contributed by atoms with Crippen LogP contribution in [0, 0.1) is 18.3 Å². The van der Waals surface area contributed by atoms with Crippen LogP contribution in [-0.4, -0.2) is 40.5 Å². The molecule has 10 heteroatoms. The number of benzene rings is 2. The van der Waals surface area contributed by atoms with Crippen molar-refractivity contribution in [3.63, 3.8) is 0 Å². The van der Waals surface area contributed by atoms with Crippen molar-refractivity contribution in [1.82, 2.24) is 9.88 Å². The Morgan fingerprint density at radius 3 is 2.57 bits per heavy atom. The summed E-state index contributed by atoms with van der Waals surface area (Å²) in [7, 11) is 0. The van der Waals surface area contributed by atoms with Crippen molar-refractivity contribution in [3.8, 4) is 6.07 Å². The highest BCUT2D eigenvalue weighted by atomic mass is 19.4. The number of amides is 3. The maximum atomic E-state index is 13.4. The zero-order chi connectivity index (χ0) is 25.5. The predicted molar refractivity (Wildman–Crippen MR) is 125 cm³/mol. The molecular formula is C25H22F3N5O2. The molecule has 1 aliphatic rings. The number of aromatic nitrogens is 1. The fourth-order valence-electron chi connectivity index (χ4n) is 4.21. The van der Waals surface area contributed by atoms with Crippen molar-refractivity contribution in [2.24, 2.45) is 0 Å². The number of nitriles is 1. The van der Waals surface area contributed by atoms with Gasteiger partial charge in [-0.2, -0.15) is 18.4 Å². The van der Waals surface area contributed by atoms with Gasteiger partial charge in [-0.05, 0) is 62.7 Å². The summed E-state index contributed by atoms with van der Waals surface area (Å²) < 4.78 is 40.3. The molecule has 0 atom stereocenters. The third-order valence-electron chi connectivity index (χ3n) is 6.13. The monoisotopic (exact) mass is 481 g/mol. The molecule has 0 saturated carbocycles. The lowest BCUT2D eigenvalue weighted by Crippen LogP contribution is -2.46. The van der Waals surface area contributed by atoms with E-state index in [-0.39, 0.29) is 12.2 Å². The first-order chi connectivity index (χ1) is 16.5. The molecule has 0 bridgehead atoms. The smallest absolute Gasteiger partial charge is 0.383 e. The van der Waals surface area contributed by atoms with Crippen LogP contribution in [0.4, 0.5) is 29.3 Å². The third-order valence-corrected chi connectivity index (χ3v) is 6.13. The van der Waals surface area contributed by atoms with Crippen LogP contribution < -0.4 is 10.2 Å².